The molecule has 0 saturated heterocycles. The van der Waals surface area contributed by atoms with Gasteiger partial charge in [0.1, 0.15) is 4.83 Å². The number of benzene rings is 1. The quantitative estimate of drug-likeness (QED) is 0.687. The molecule has 3 aromatic rings. The van der Waals surface area contributed by atoms with Crippen molar-refractivity contribution in [3.8, 4) is 0 Å². The summed E-state index contributed by atoms with van der Waals surface area (Å²) in [5.41, 5.74) is 1.08. The Morgan fingerprint density at radius 2 is 2.09 bits per heavy atom. The lowest BCUT2D eigenvalue weighted by Crippen LogP contribution is -2.09. The molecule has 0 bridgehead atoms. The highest BCUT2D eigenvalue weighted by Crippen LogP contribution is 2.24. The second kappa shape index (κ2) is 5.61. The van der Waals surface area contributed by atoms with Crippen LogP contribution in [0.25, 0.3) is 10.2 Å². The maximum Gasteiger partial charge on any atom is 0.335 e. The summed E-state index contributed by atoms with van der Waals surface area (Å²) in [6.07, 6.45) is 0.634. The second-order valence-electron chi connectivity index (χ2n) is 4.77. The summed E-state index contributed by atoms with van der Waals surface area (Å²) in [5.74, 6) is -0.500. The molecule has 2 heterocycles. The minimum absolute atomic E-state index is 0.168. The van der Waals surface area contributed by atoms with E-state index in [4.69, 9.17) is 5.11 Å². The Bertz CT molecular complexity index is 897. The van der Waals surface area contributed by atoms with E-state index in [1.54, 1.807) is 31.3 Å². The lowest BCUT2D eigenvalue weighted by atomic mass is 10.1. The predicted molar refractivity (Wildman–Crippen MR) is 86.0 cm³/mol. The number of aromatic carboxylic acids is 1. The van der Waals surface area contributed by atoms with Gasteiger partial charge in [0.25, 0.3) is 5.56 Å². The van der Waals surface area contributed by atoms with Crippen LogP contribution in [0.15, 0.2) is 35.1 Å². The highest BCUT2D eigenvalue weighted by Gasteiger charge is 2.09. The molecule has 2 aromatic heterocycles. The fraction of sp³-hybridized carbons (Fsp3) is 0.133. The number of hydrogen-bond acceptors (Lipinski definition) is 5. The van der Waals surface area contributed by atoms with Crippen LogP contribution in [-0.2, 0) is 6.42 Å². The van der Waals surface area contributed by atoms with E-state index in [9.17, 15) is 9.59 Å². The Labute approximate surface area is 129 Å². The van der Waals surface area contributed by atoms with E-state index in [-0.39, 0.29) is 11.1 Å². The molecule has 22 heavy (non-hydrogen) atoms. The summed E-state index contributed by atoms with van der Waals surface area (Å²) in [5, 5.41) is 12.3. The third kappa shape index (κ3) is 2.71. The molecular formula is C15H13N3O3S. The molecule has 1 aromatic carbocycles. The number of carboxylic acid groups (broad SMARTS) is 1. The Morgan fingerprint density at radius 1 is 1.36 bits per heavy atom. The molecule has 3 rings (SSSR count). The number of thiophene rings is 1. The van der Waals surface area contributed by atoms with Crippen LogP contribution in [0.5, 0.6) is 0 Å². The molecule has 0 unspecified atom stereocenters. The minimum atomic E-state index is -0.941. The third-order valence-electron chi connectivity index (χ3n) is 3.27. The molecule has 6 nitrogen and oxygen atoms in total. The molecule has 0 saturated carbocycles. The van der Waals surface area contributed by atoms with Crippen molar-refractivity contribution >= 4 is 33.5 Å². The molecule has 3 N–H and O–H groups in total. The van der Waals surface area contributed by atoms with Crippen molar-refractivity contribution in [3.05, 3.63) is 56.7 Å². The molecule has 7 heteroatoms. The summed E-state index contributed by atoms with van der Waals surface area (Å²) in [6.45, 7) is 0. The summed E-state index contributed by atoms with van der Waals surface area (Å²) >= 11 is 1.46. The Morgan fingerprint density at radius 3 is 2.73 bits per heavy atom. The fourth-order valence-corrected chi connectivity index (χ4v) is 3.22. The lowest BCUT2D eigenvalue weighted by molar-refractivity contribution is 0.0697. The van der Waals surface area contributed by atoms with Gasteiger partial charge in [-0.25, -0.2) is 9.78 Å². The van der Waals surface area contributed by atoms with Crippen LogP contribution in [0.3, 0.4) is 0 Å². The van der Waals surface area contributed by atoms with Gasteiger partial charge in [-0.05, 0) is 23.8 Å². The van der Waals surface area contributed by atoms with Gasteiger partial charge in [0, 0.05) is 18.3 Å². The maximum atomic E-state index is 11.9. The Hall–Kier alpha value is -2.67. The molecule has 0 radical (unpaired) electrons. The first-order valence-electron chi connectivity index (χ1n) is 6.59. The van der Waals surface area contributed by atoms with Gasteiger partial charge in [-0.2, -0.15) is 0 Å². The Balaban J connectivity index is 1.92. The fourth-order valence-electron chi connectivity index (χ4n) is 2.15. The number of hydrogen-bond donors (Lipinski definition) is 3. The van der Waals surface area contributed by atoms with Crippen molar-refractivity contribution in [1.29, 1.82) is 0 Å². The van der Waals surface area contributed by atoms with Crippen molar-refractivity contribution in [3.63, 3.8) is 0 Å². The average molecular weight is 315 g/mol. The van der Waals surface area contributed by atoms with E-state index < -0.39 is 5.97 Å². The van der Waals surface area contributed by atoms with E-state index in [1.165, 1.54) is 11.3 Å². The van der Waals surface area contributed by atoms with Crippen LogP contribution in [0.4, 0.5) is 5.95 Å². The number of carbonyl (C=O) groups is 1. The van der Waals surface area contributed by atoms with Gasteiger partial charge in [0.2, 0.25) is 5.95 Å². The zero-order chi connectivity index (χ0) is 15.7. The number of aromatic nitrogens is 2. The summed E-state index contributed by atoms with van der Waals surface area (Å²) in [6, 6.07) is 8.55. The smallest absolute Gasteiger partial charge is 0.335 e. The van der Waals surface area contributed by atoms with Crippen LogP contribution < -0.4 is 10.9 Å². The van der Waals surface area contributed by atoms with Crippen molar-refractivity contribution < 1.29 is 9.90 Å². The van der Waals surface area contributed by atoms with Crippen molar-refractivity contribution in [1.82, 2.24) is 9.97 Å². The minimum Gasteiger partial charge on any atom is -0.478 e. The molecule has 0 amide bonds. The van der Waals surface area contributed by atoms with Gasteiger partial charge in [-0.15, -0.1) is 11.3 Å². The number of anilines is 1. The molecule has 0 fully saturated rings. The Kier molecular flexibility index (Phi) is 3.64. The SMILES string of the molecule is CNc1nc2sc(Cc3ccc(C(=O)O)cc3)cc2c(=O)[nH]1. The number of fused-ring (bicyclic) bond motifs is 1. The zero-order valence-corrected chi connectivity index (χ0v) is 12.5. The topological polar surface area (TPSA) is 95.1 Å². The van der Waals surface area contributed by atoms with Crippen LogP contribution in [-0.4, -0.2) is 28.1 Å². The first kappa shape index (κ1) is 14.3. The molecule has 0 aliphatic rings. The number of rotatable bonds is 4. The van der Waals surface area contributed by atoms with Crippen LogP contribution in [0.1, 0.15) is 20.8 Å². The van der Waals surface area contributed by atoms with E-state index in [1.807, 2.05) is 6.07 Å². The number of H-pyrrole nitrogens is 1. The average Bonchev–Trinajstić information content (AvgIpc) is 2.90. The number of carboxylic acids is 1. The predicted octanol–water partition coefficient (Wildman–Crippen LogP) is 2.32. The first-order chi connectivity index (χ1) is 10.6. The standard InChI is InChI=1S/C15H13N3O3S/c1-16-15-17-12(19)11-7-10(22-13(11)18-15)6-8-2-4-9(5-3-8)14(20)21/h2-5,7H,6H2,1H3,(H,20,21)(H2,16,17,18,19). The normalized spacial score (nSPS) is 10.8. The number of nitrogens with zero attached hydrogens (tertiary/aromatic N) is 1. The molecule has 0 aliphatic carbocycles. The summed E-state index contributed by atoms with van der Waals surface area (Å²) in [7, 11) is 1.70. The molecule has 112 valence electrons. The summed E-state index contributed by atoms with van der Waals surface area (Å²) < 4.78 is 0. The largest absolute Gasteiger partial charge is 0.478 e. The van der Waals surface area contributed by atoms with Crippen LogP contribution >= 0.6 is 11.3 Å². The molecule has 0 spiro atoms. The molecular weight excluding hydrogens is 302 g/mol. The van der Waals surface area contributed by atoms with Gasteiger partial charge >= 0.3 is 5.97 Å². The maximum absolute atomic E-state index is 11.9. The zero-order valence-electron chi connectivity index (χ0n) is 11.7. The van der Waals surface area contributed by atoms with Crippen LogP contribution in [0, 0.1) is 0 Å². The third-order valence-corrected chi connectivity index (χ3v) is 4.30. The van der Waals surface area contributed by atoms with Gasteiger partial charge in [-0.3, -0.25) is 9.78 Å². The first-order valence-corrected chi connectivity index (χ1v) is 7.41. The number of aromatic amines is 1. The summed E-state index contributed by atoms with van der Waals surface area (Å²) in [4.78, 5) is 31.5. The van der Waals surface area contributed by atoms with Crippen molar-refractivity contribution in [2.75, 3.05) is 12.4 Å². The lowest BCUT2D eigenvalue weighted by Gasteiger charge is -1.99. The van der Waals surface area contributed by atoms with E-state index >= 15 is 0 Å². The molecule has 0 aliphatic heterocycles. The molecule has 0 atom stereocenters. The monoisotopic (exact) mass is 315 g/mol. The highest BCUT2D eigenvalue weighted by molar-refractivity contribution is 7.18. The van der Waals surface area contributed by atoms with Gasteiger partial charge in [0.15, 0.2) is 0 Å². The second-order valence-corrected chi connectivity index (χ2v) is 5.89. The van der Waals surface area contributed by atoms with Crippen molar-refractivity contribution in [2.45, 2.75) is 6.42 Å². The van der Waals surface area contributed by atoms with Crippen LogP contribution in [0.2, 0.25) is 0 Å². The van der Waals surface area contributed by atoms with Gasteiger partial charge < -0.3 is 10.4 Å². The number of nitrogens with one attached hydrogen (secondary N) is 2. The van der Waals surface area contributed by atoms with E-state index in [0.29, 0.717) is 22.6 Å². The van der Waals surface area contributed by atoms with E-state index in [0.717, 1.165) is 10.4 Å². The van der Waals surface area contributed by atoms with E-state index in [2.05, 4.69) is 15.3 Å². The highest BCUT2D eigenvalue weighted by atomic mass is 32.1. The van der Waals surface area contributed by atoms with Gasteiger partial charge in [-0.1, -0.05) is 12.1 Å². The van der Waals surface area contributed by atoms with Crippen molar-refractivity contribution in [2.24, 2.45) is 0 Å². The van der Waals surface area contributed by atoms with Gasteiger partial charge in [0.05, 0.1) is 10.9 Å².